The highest BCUT2D eigenvalue weighted by molar-refractivity contribution is 6.31. The Bertz CT molecular complexity index is 865. The maximum Gasteiger partial charge on any atom is 0.251 e. The van der Waals surface area contributed by atoms with Crippen LogP contribution in [0.1, 0.15) is 15.9 Å². The number of rotatable bonds is 4. The normalized spacial score (nSPS) is 10.4. The van der Waals surface area contributed by atoms with Crippen LogP contribution in [0.15, 0.2) is 60.8 Å². The fourth-order valence-electron chi connectivity index (χ4n) is 2.25. The molecule has 1 heterocycles. The smallest absolute Gasteiger partial charge is 0.251 e. The van der Waals surface area contributed by atoms with Crippen LogP contribution in [0.25, 0.3) is 11.3 Å². The molecule has 1 aromatic heterocycles. The third-order valence-electron chi connectivity index (χ3n) is 3.51. The Morgan fingerprint density at radius 1 is 1.08 bits per heavy atom. The summed E-state index contributed by atoms with van der Waals surface area (Å²) in [5.74, 6) is 0.0535. The number of nitrogens with zero attached hydrogens (tertiary/aromatic N) is 2. The molecule has 3 aromatic rings. The number of hydrogen-bond acceptors (Lipinski definition) is 4. The van der Waals surface area contributed by atoms with Gasteiger partial charge in [-0.1, -0.05) is 41.9 Å². The summed E-state index contributed by atoms with van der Waals surface area (Å²) in [6.45, 7) is 0.378. The third-order valence-corrected chi connectivity index (χ3v) is 3.88. The summed E-state index contributed by atoms with van der Waals surface area (Å²) in [4.78, 5) is 20.2. The molecule has 120 valence electrons. The van der Waals surface area contributed by atoms with Crippen LogP contribution in [0, 0.1) is 0 Å². The van der Waals surface area contributed by atoms with Gasteiger partial charge in [0.05, 0.1) is 5.69 Å². The zero-order chi connectivity index (χ0) is 16.9. The number of carbonyl (C=O) groups is 1. The molecule has 0 fully saturated rings. The van der Waals surface area contributed by atoms with E-state index in [4.69, 9.17) is 17.3 Å². The number of carbonyl (C=O) groups excluding carboxylic acids is 1. The van der Waals surface area contributed by atoms with E-state index in [-0.39, 0.29) is 11.9 Å². The van der Waals surface area contributed by atoms with E-state index in [1.165, 1.54) is 0 Å². The van der Waals surface area contributed by atoms with Gasteiger partial charge in [0, 0.05) is 28.9 Å². The van der Waals surface area contributed by atoms with Gasteiger partial charge < -0.3 is 11.1 Å². The molecule has 5 nitrogen and oxygen atoms in total. The van der Waals surface area contributed by atoms with E-state index in [1.54, 1.807) is 30.5 Å². The van der Waals surface area contributed by atoms with Crippen molar-refractivity contribution in [3.8, 4) is 11.3 Å². The van der Waals surface area contributed by atoms with Gasteiger partial charge in [0.25, 0.3) is 5.91 Å². The third kappa shape index (κ3) is 3.70. The van der Waals surface area contributed by atoms with E-state index in [0.29, 0.717) is 22.8 Å². The number of halogens is 1. The summed E-state index contributed by atoms with van der Waals surface area (Å²) in [5.41, 5.74) is 8.60. The lowest BCUT2D eigenvalue weighted by Crippen LogP contribution is -2.22. The van der Waals surface area contributed by atoms with E-state index in [0.717, 1.165) is 11.1 Å². The van der Waals surface area contributed by atoms with E-state index < -0.39 is 0 Å². The molecule has 3 rings (SSSR count). The van der Waals surface area contributed by atoms with Crippen LogP contribution in [0.4, 0.5) is 5.95 Å². The first-order valence-electron chi connectivity index (χ1n) is 7.34. The van der Waals surface area contributed by atoms with Crippen molar-refractivity contribution in [2.24, 2.45) is 0 Å². The van der Waals surface area contributed by atoms with Crippen LogP contribution >= 0.6 is 11.6 Å². The number of amides is 1. The maximum absolute atomic E-state index is 12.2. The molecule has 0 aliphatic heterocycles. The minimum absolute atomic E-state index is 0.163. The Morgan fingerprint density at radius 2 is 1.83 bits per heavy atom. The van der Waals surface area contributed by atoms with E-state index in [9.17, 15) is 4.79 Å². The van der Waals surface area contributed by atoms with Gasteiger partial charge in [-0.25, -0.2) is 9.97 Å². The summed E-state index contributed by atoms with van der Waals surface area (Å²) in [6, 6.07) is 16.3. The molecular weight excluding hydrogens is 324 g/mol. The van der Waals surface area contributed by atoms with Crippen molar-refractivity contribution in [1.82, 2.24) is 15.3 Å². The molecule has 0 saturated carbocycles. The molecule has 0 atom stereocenters. The Hall–Kier alpha value is -2.92. The van der Waals surface area contributed by atoms with Gasteiger partial charge in [0.1, 0.15) is 0 Å². The predicted molar refractivity (Wildman–Crippen MR) is 94.5 cm³/mol. The second kappa shape index (κ2) is 7.10. The average molecular weight is 339 g/mol. The first kappa shape index (κ1) is 16.0. The molecule has 2 aromatic carbocycles. The summed E-state index contributed by atoms with van der Waals surface area (Å²) >= 11 is 6.08. The van der Waals surface area contributed by atoms with Gasteiger partial charge in [0.15, 0.2) is 0 Å². The quantitative estimate of drug-likeness (QED) is 0.764. The van der Waals surface area contributed by atoms with Crippen molar-refractivity contribution < 1.29 is 4.79 Å². The second-order valence-corrected chi connectivity index (χ2v) is 5.56. The van der Waals surface area contributed by atoms with Crippen LogP contribution < -0.4 is 11.1 Å². The highest BCUT2D eigenvalue weighted by atomic mass is 35.5. The van der Waals surface area contributed by atoms with Crippen LogP contribution in [-0.4, -0.2) is 15.9 Å². The van der Waals surface area contributed by atoms with Crippen molar-refractivity contribution in [3.05, 3.63) is 76.9 Å². The molecule has 1 amide bonds. The van der Waals surface area contributed by atoms with Gasteiger partial charge in [-0.2, -0.15) is 0 Å². The number of aromatic nitrogens is 2. The van der Waals surface area contributed by atoms with Gasteiger partial charge in [-0.05, 0) is 29.8 Å². The average Bonchev–Trinajstić information content (AvgIpc) is 2.61. The molecule has 0 bridgehead atoms. The van der Waals surface area contributed by atoms with Crippen LogP contribution in [0.2, 0.25) is 5.02 Å². The first-order valence-corrected chi connectivity index (χ1v) is 7.72. The number of nitrogens with one attached hydrogen (secondary N) is 1. The molecule has 6 heteroatoms. The molecule has 0 unspecified atom stereocenters. The molecule has 0 spiro atoms. The molecule has 0 saturated heterocycles. The minimum atomic E-state index is -0.163. The molecule has 0 aliphatic rings. The van der Waals surface area contributed by atoms with E-state index >= 15 is 0 Å². The lowest BCUT2D eigenvalue weighted by Gasteiger charge is -2.08. The Morgan fingerprint density at radius 3 is 2.54 bits per heavy atom. The predicted octanol–water partition coefficient (Wildman–Crippen LogP) is 3.31. The van der Waals surface area contributed by atoms with Crippen molar-refractivity contribution in [3.63, 3.8) is 0 Å². The fraction of sp³-hybridized carbons (Fsp3) is 0.0556. The van der Waals surface area contributed by atoms with Gasteiger partial charge >= 0.3 is 0 Å². The highest BCUT2D eigenvalue weighted by Crippen LogP contribution is 2.18. The monoisotopic (exact) mass is 338 g/mol. The number of anilines is 1. The zero-order valence-electron chi connectivity index (χ0n) is 12.7. The van der Waals surface area contributed by atoms with Crippen molar-refractivity contribution in [2.75, 3.05) is 5.73 Å². The van der Waals surface area contributed by atoms with Crippen molar-refractivity contribution in [1.29, 1.82) is 0 Å². The Balaban J connectivity index is 1.69. The summed E-state index contributed by atoms with van der Waals surface area (Å²) in [5, 5.41) is 3.49. The summed E-state index contributed by atoms with van der Waals surface area (Å²) < 4.78 is 0. The second-order valence-electron chi connectivity index (χ2n) is 5.15. The lowest BCUT2D eigenvalue weighted by molar-refractivity contribution is 0.0951. The van der Waals surface area contributed by atoms with Gasteiger partial charge in [-0.15, -0.1) is 0 Å². The Labute approximate surface area is 144 Å². The lowest BCUT2D eigenvalue weighted by atomic mass is 10.1. The molecule has 3 N–H and O–H groups in total. The van der Waals surface area contributed by atoms with Crippen molar-refractivity contribution >= 4 is 23.5 Å². The number of nitrogens with two attached hydrogens (primary N) is 1. The van der Waals surface area contributed by atoms with Crippen molar-refractivity contribution in [2.45, 2.75) is 6.54 Å². The van der Waals surface area contributed by atoms with Gasteiger partial charge in [-0.3, -0.25) is 4.79 Å². The SMILES string of the molecule is Nc1nccc(-c2ccc(C(=O)NCc3ccccc3Cl)cc2)n1. The first-order chi connectivity index (χ1) is 11.6. The van der Waals surface area contributed by atoms with Crippen LogP contribution in [-0.2, 0) is 6.54 Å². The summed E-state index contributed by atoms with van der Waals surface area (Å²) in [7, 11) is 0. The molecular formula is C18H15ClN4O. The molecule has 0 radical (unpaired) electrons. The summed E-state index contributed by atoms with van der Waals surface area (Å²) in [6.07, 6.45) is 1.60. The molecule has 24 heavy (non-hydrogen) atoms. The number of nitrogen functional groups attached to an aromatic ring is 1. The zero-order valence-corrected chi connectivity index (χ0v) is 13.5. The molecule has 0 aliphatic carbocycles. The standard InChI is InChI=1S/C18H15ClN4O/c19-15-4-2-1-3-14(15)11-22-17(24)13-7-5-12(6-8-13)16-9-10-21-18(20)23-16/h1-10H,11H2,(H,22,24)(H2,20,21,23). The maximum atomic E-state index is 12.2. The number of benzene rings is 2. The van der Waals surface area contributed by atoms with Crippen LogP contribution in [0.5, 0.6) is 0 Å². The topological polar surface area (TPSA) is 80.9 Å². The Kier molecular flexibility index (Phi) is 4.72. The largest absolute Gasteiger partial charge is 0.368 e. The van der Waals surface area contributed by atoms with Gasteiger partial charge in [0.2, 0.25) is 5.95 Å². The van der Waals surface area contributed by atoms with E-state index in [1.807, 2.05) is 30.3 Å². The number of hydrogen-bond donors (Lipinski definition) is 2. The highest BCUT2D eigenvalue weighted by Gasteiger charge is 2.08. The van der Waals surface area contributed by atoms with E-state index in [2.05, 4.69) is 15.3 Å². The van der Waals surface area contributed by atoms with Crippen LogP contribution in [0.3, 0.4) is 0 Å². The minimum Gasteiger partial charge on any atom is -0.368 e. The fourth-order valence-corrected chi connectivity index (χ4v) is 2.45.